The topological polar surface area (TPSA) is 58.4 Å². The van der Waals surface area contributed by atoms with Crippen LogP contribution in [-0.4, -0.2) is 30.9 Å². The van der Waals surface area contributed by atoms with Gasteiger partial charge in [0.05, 0.1) is 17.3 Å². The Hall–Kier alpha value is -1.26. The molecule has 19 heavy (non-hydrogen) atoms. The molecule has 0 fully saturated rings. The van der Waals surface area contributed by atoms with Crippen molar-refractivity contribution in [1.29, 1.82) is 0 Å². The molecule has 0 saturated carbocycles. The minimum atomic E-state index is -0.0410. The molecule has 1 rings (SSSR count). The first-order valence-corrected chi connectivity index (χ1v) is 6.94. The summed E-state index contributed by atoms with van der Waals surface area (Å²) in [6.07, 6.45) is 3.50. The van der Waals surface area contributed by atoms with Crippen LogP contribution in [0.3, 0.4) is 0 Å². The van der Waals surface area contributed by atoms with E-state index in [2.05, 4.69) is 12.2 Å². The Bertz CT molecular complexity index is 423. The quantitative estimate of drug-likeness (QED) is 0.597. The van der Waals surface area contributed by atoms with E-state index in [9.17, 15) is 4.79 Å². The molecule has 0 aromatic heterocycles. The fourth-order valence-corrected chi connectivity index (χ4v) is 1.90. The molecule has 0 aliphatic heterocycles. The molecule has 1 aromatic carbocycles. The van der Waals surface area contributed by atoms with E-state index < -0.39 is 0 Å². The highest BCUT2D eigenvalue weighted by Crippen LogP contribution is 2.22. The van der Waals surface area contributed by atoms with Crippen LogP contribution in [0, 0.1) is 0 Å². The predicted molar refractivity (Wildman–Crippen MR) is 81.5 cm³/mol. The molecule has 0 atom stereocenters. The largest absolute Gasteiger partial charge is 0.397 e. The summed E-state index contributed by atoms with van der Waals surface area (Å²) in [5.41, 5.74) is 6.83. The number of benzene rings is 1. The average Bonchev–Trinajstić information content (AvgIpc) is 2.34. The number of rotatable bonds is 7. The first-order chi connectivity index (χ1) is 9.02. The molecule has 0 bridgehead atoms. The Kier molecular flexibility index (Phi) is 6.67. The summed E-state index contributed by atoms with van der Waals surface area (Å²) in [6, 6.07) is 5.09. The second-order valence-electron chi connectivity index (χ2n) is 4.73. The molecule has 3 N–H and O–H groups in total. The Balaban J connectivity index is 2.39. The van der Waals surface area contributed by atoms with Gasteiger partial charge in [0.2, 0.25) is 5.91 Å². The SMILES string of the molecule is CCCCCN(C)CC(=O)Nc1ccc(Cl)c(N)c1. The predicted octanol–water partition coefficient (Wildman–Crippen LogP) is 2.98. The molecular weight excluding hydrogens is 262 g/mol. The third kappa shape index (κ3) is 5.94. The maximum absolute atomic E-state index is 11.8. The van der Waals surface area contributed by atoms with Gasteiger partial charge in [-0.2, -0.15) is 0 Å². The lowest BCUT2D eigenvalue weighted by atomic mass is 10.2. The van der Waals surface area contributed by atoms with Crippen LogP contribution >= 0.6 is 11.6 Å². The number of nitrogens with one attached hydrogen (secondary N) is 1. The molecule has 0 spiro atoms. The molecule has 0 saturated heterocycles. The molecule has 1 amide bonds. The van der Waals surface area contributed by atoms with E-state index >= 15 is 0 Å². The van der Waals surface area contributed by atoms with Gasteiger partial charge in [-0.3, -0.25) is 9.69 Å². The zero-order chi connectivity index (χ0) is 14.3. The van der Waals surface area contributed by atoms with Gasteiger partial charge in [0, 0.05) is 5.69 Å². The lowest BCUT2D eigenvalue weighted by Gasteiger charge is -2.16. The van der Waals surface area contributed by atoms with Crippen LogP contribution in [0.4, 0.5) is 11.4 Å². The van der Waals surface area contributed by atoms with Crippen LogP contribution in [0.15, 0.2) is 18.2 Å². The number of nitrogen functional groups attached to an aromatic ring is 1. The average molecular weight is 284 g/mol. The van der Waals surface area contributed by atoms with E-state index in [-0.39, 0.29) is 5.91 Å². The number of unbranched alkanes of at least 4 members (excludes halogenated alkanes) is 2. The molecular formula is C14H22ClN3O. The number of nitrogens with two attached hydrogens (primary N) is 1. The minimum absolute atomic E-state index is 0.0410. The lowest BCUT2D eigenvalue weighted by molar-refractivity contribution is -0.117. The van der Waals surface area contributed by atoms with Crippen molar-refractivity contribution in [3.63, 3.8) is 0 Å². The summed E-state index contributed by atoms with van der Waals surface area (Å²) in [5.74, 6) is -0.0410. The molecule has 1 aromatic rings. The van der Waals surface area contributed by atoms with Crippen LogP contribution < -0.4 is 11.1 Å². The smallest absolute Gasteiger partial charge is 0.238 e. The number of hydrogen-bond donors (Lipinski definition) is 2. The first-order valence-electron chi connectivity index (χ1n) is 6.56. The van der Waals surface area contributed by atoms with Gasteiger partial charge in [-0.25, -0.2) is 0 Å². The van der Waals surface area contributed by atoms with Crippen molar-refractivity contribution in [1.82, 2.24) is 4.90 Å². The lowest BCUT2D eigenvalue weighted by Crippen LogP contribution is -2.30. The van der Waals surface area contributed by atoms with Crippen molar-refractivity contribution in [3.05, 3.63) is 23.2 Å². The molecule has 4 nitrogen and oxygen atoms in total. The van der Waals surface area contributed by atoms with Crippen LogP contribution in [0.2, 0.25) is 5.02 Å². The van der Waals surface area contributed by atoms with Crippen LogP contribution in [-0.2, 0) is 4.79 Å². The second kappa shape index (κ2) is 8.02. The highest BCUT2D eigenvalue weighted by atomic mass is 35.5. The zero-order valence-corrected chi connectivity index (χ0v) is 12.3. The summed E-state index contributed by atoms with van der Waals surface area (Å²) in [4.78, 5) is 13.8. The van der Waals surface area contributed by atoms with E-state index in [0.29, 0.717) is 22.9 Å². The fraction of sp³-hybridized carbons (Fsp3) is 0.500. The van der Waals surface area contributed by atoms with Crippen LogP contribution in [0.5, 0.6) is 0 Å². The number of likely N-dealkylation sites (N-methyl/N-ethyl adjacent to an activating group) is 1. The molecule has 0 radical (unpaired) electrons. The Morgan fingerprint density at radius 3 is 2.79 bits per heavy atom. The highest BCUT2D eigenvalue weighted by molar-refractivity contribution is 6.33. The molecule has 0 aliphatic carbocycles. The van der Waals surface area contributed by atoms with Crippen molar-refractivity contribution >= 4 is 28.9 Å². The van der Waals surface area contributed by atoms with Gasteiger partial charge in [0.25, 0.3) is 0 Å². The minimum Gasteiger partial charge on any atom is -0.397 e. The number of anilines is 2. The number of carbonyl (C=O) groups excluding carboxylic acids is 1. The molecule has 0 heterocycles. The van der Waals surface area contributed by atoms with E-state index in [1.54, 1.807) is 18.2 Å². The van der Waals surface area contributed by atoms with E-state index in [1.165, 1.54) is 12.8 Å². The van der Waals surface area contributed by atoms with Crippen LogP contribution in [0.25, 0.3) is 0 Å². The third-order valence-electron chi connectivity index (χ3n) is 2.84. The van der Waals surface area contributed by atoms with Crippen LogP contribution in [0.1, 0.15) is 26.2 Å². The highest BCUT2D eigenvalue weighted by Gasteiger charge is 2.07. The third-order valence-corrected chi connectivity index (χ3v) is 3.18. The summed E-state index contributed by atoms with van der Waals surface area (Å²) >= 11 is 5.83. The van der Waals surface area contributed by atoms with E-state index in [1.807, 2.05) is 11.9 Å². The Morgan fingerprint density at radius 1 is 1.42 bits per heavy atom. The second-order valence-corrected chi connectivity index (χ2v) is 5.14. The Morgan fingerprint density at radius 2 is 2.16 bits per heavy atom. The van der Waals surface area contributed by atoms with Crippen molar-refractivity contribution in [3.8, 4) is 0 Å². The number of amides is 1. The number of hydrogen-bond acceptors (Lipinski definition) is 3. The van der Waals surface area contributed by atoms with Gasteiger partial charge in [-0.15, -0.1) is 0 Å². The van der Waals surface area contributed by atoms with Crippen molar-refractivity contribution in [2.45, 2.75) is 26.2 Å². The number of halogens is 1. The molecule has 106 valence electrons. The van der Waals surface area contributed by atoms with Crippen molar-refractivity contribution in [2.75, 3.05) is 31.2 Å². The van der Waals surface area contributed by atoms with Crippen molar-refractivity contribution < 1.29 is 4.79 Å². The van der Waals surface area contributed by atoms with E-state index in [0.717, 1.165) is 13.0 Å². The first kappa shape index (κ1) is 15.8. The van der Waals surface area contributed by atoms with Gasteiger partial charge >= 0.3 is 0 Å². The zero-order valence-electron chi connectivity index (χ0n) is 11.6. The summed E-state index contributed by atoms with van der Waals surface area (Å²) in [5, 5.41) is 3.31. The van der Waals surface area contributed by atoms with Gasteiger partial charge in [-0.1, -0.05) is 31.4 Å². The van der Waals surface area contributed by atoms with E-state index in [4.69, 9.17) is 17.3 Å². The molecule has 5 heteroatoms. The summed E-state index contributed by atoms with van der Waals surface area (Å²) in [6.45, 7) is 3.48. The fourth-order valence-electron chi connectivity index (χ4n) is 1.78. The summed E-state index contributed by atoms with van der Waals surface area (Å²) < 4.78 is 0. The number of carbonyl (C=O) groups is 1. The monoisotopic (exact) mass is 283 g/mol. The molecule has 0 aliphatic rings. The Labute approximate surface area is 119 Å². The summed E-state index contributed by atoms with van der Waals surface area (Å²) in [7, 11) is 1.95. The maximum Gasteiger partial charge on any atom is 0.238 e. The van der Waals surface area contributed by atoms with Gasteiger partial charge in [-0.05, 0) is 38.2 Å². The normalized spacial score (nSPS) is 10.7. The van der Waals surface area contributed by atoms with Gasteiger partial charge in [0.1, 0.15) is 0 Å². The number of nitrogens with zero attached hydrogens (tertiary/aromatic N) is 1. The van der Waals surface area contributed by atoms with Gasteiger partial charge < -0.3 is 11.1 Å². The van der Waals surface area contributed by atoms with Crippen molar-refractivity contribution in [2.24, 2.45) is 0 Å². The maximum atomic E-state index is 11.8. The standard InChI is InChI=1S/C14H22ClN3O/c1-3-4-5-8-18(2)10-14(19)17-11-6-7-12(15)13(16)9-11/h6-7,9H,3-5,8,10,16H2,1-2H3,(H,17,19). The van der Waals surface area contributed by atoms with Gasteiger partial charge in [0.15, 0.2) is 0 Å². The molecule has 0 unspecified atom stereocenters.